The molecule has 1 aliphatic rings. The van der Waals surface area contributed by atoms with E-state index in [9.17, 15) is 9.59 Å². The van der Waals surface area contributed by atoms with Gasteiger partial charge in [0, 0.05) is 19.2 Å². The Kier molecular flexibility index (Phi) is 4.98. The maximum absolute atomic E-state index is 12.1. The zero-order valence-electron chi connectivity index (χ0n) is 11.6. The third-order valence-electron chi connectivity index (χ3n) is 3.29. The van der Waals surface area contributed by atoms with E-state index in [4.69, 9.17) is 9.15 Å². The molecule has 0 bridgehead atoms. The van der Waals surface area contributed by atoms with Gasteiger partial charge >= 0.3 is 5.97 Å². The second-order valence-corrected chi connectivity index (χ2v) is 4.72. The highest BCUT2D eigenvalue weighted by Crippen LogP contribution is 2.18. The molecule has 0 saturated carbocycles. The number of amides is 1. The molecule has 1 saturated heterocycles. The lowest BCUT2D eigenvalue weighted by Gasteiger charge is -2.30. The minimum absolute atomic E-state index is 0.101. The molecule has 0 spiro atoms. The number of carbonyl (C=O) groups is 2. The van der Waals surface area contributed by atoms with Crippen molar-refractivity contribution >= 4 is 18.0 Å². The van der Waals surface area contributed by atoms with Crippen LogP contribution >= 0.6 is 0 Å². The molecule has 0 N–H and O–H groups in total. The van der Waals surface area contributed by atoms with Crippen LogP contribution in [0.4, 0.5) is 0 Å². The quantitative estimate of drug-likeness (QED) is 0.624. The number of hydrogen-bond donors (Lipinski definition) is 0. The summed E-state index contributed by atoms with van der Waals surface area (Å²) in [6.07, 6.45) is 6.28. The molecule has 1 aromatic heterocycles. The number of piperidine rings is 1. The van der Waals surface area contributed by atoms with Gasteiger partial charge in [-0.1, -0.05) is 0 Å². The molecule has 1 atom stereocenters. The van der Waals surface area contributed by atoms with Crippen LogP contribution in [-0.4, -0.2) is 36.5 Å². The van der Waals surface area contributed by atoms with Crippen LogP contribution in [0.2, 0.25) is 0 Å². The van der Waals surface area contributed by atoms with E-state index in [-0.39, 0.29) is 17.8 Å². The van der Waals surface area contributed by atoms with Gasteiger partial charge in [-0.2, -0.15) is 0 Å². The highest BCUT2D eigenvalue weighted by Gasteiger charge is 2.28. The number of hydrogen-bond acceptors (Lipinski definition) is 4. The van der Waals surface area contributed by atoms with Crippen molar-refractivity contribution in [3.8, 4) is 0 Å². The van der Waals surface area contributed by atoms with Crippen molar-refractivity contribution in [2.24, 2.45) is 5.92 Å². The minimum Gasteiger partial charge on any atom is -0.466 e. The van der Waals surface area contributed by atoms with Gasteiger partial charge in [0.15, 0.2) is 0 Å². The summed E-state index contributed by atoms with van der Waals surface area (Å²) in [6.45, 7) is 3.27. The second-order valence-electron chi connectivity index (χ2n) is 4.72. The van der Waals surface area contributed by atoms with Gasteiger partial charge in [-0.25, -0.2) is 0 Å². The lowest BCUT2D eigenvalue weighted by atomic mass is 9.98. The first-order chi connectivity index (χ1) is 9.70. The maximum atomic E-state index is 12.1. The Hall–Kier alpha value is -2.04. The van der Waals surface area contributed by atoms with E-state index >= 15 is 0 Å². The van der Waals surface area contributed by atoms with Crippen molar-refractivity contribution in [1.29, 1.82) is 0 Å². The summed E-state index contributed by atoms with van der Waals surface area (Å²) in [5.41, 5.74) is 0. The van der Waals surface area contributed by atoms with Crippen LogP contribution in [0.25, 0.3) is 6.08 Å². The Morgan fingerprint density at radius 1 is 1.55 bits per heavy atom. The first kappa shape index (κ1) is 14.4. The fourth-order valence-corrected chi connectivity index (χ4v) is 2.27. The number of ether oxygens (including phenoxy) is 1. The number of nitrogens with zero attached hydrogens (tertiary/aromatic N) is 1. The van der Waals surface area contributed by atoms with Crippen LogP contribution in [0, 0.1) is 5.92 Å². The van der Waals surface area contributed by atoms with Gasteiger partial charge < -0.3 is 14.1 Å². The molecule has 108 valence electrons. The summed E-state index contributed by atoms with van der Waals surface area (Å²) >= 11 is 0. The summed E-state index contributed by atoms with van der Waals surface area (Å²) in [5, 5.41) is 0. The molecule has 5 nitrogen and oxygen atoms in total. The lowest BCUT2D eigenvalue weighted by Crippen LogP contribution is -2.42. The standard InChI is InChI=1S/C15H19NO4/c1-2-19-15(18)12-5-3-9-16(11-12)14(17)8-7-13-6-4-10-20-13/h4,6-8,10,12H,2-3,5,9,11H2,1H3/b8-7-/t12-/m1/s1. The number of rotatable bonds is 4. The Balaban J connectivity index is 1.91. The zero-order chi connectivity index (χ0) is 14.4. The number of likely N-dealkylation sites (tertiary alicyclic amines) is 1. The largest absolute Gasteiger partial charge is 0.466 e. The van der Waals surface area contributed by atoms with Gasteiger partial charge in [0.1, 0.15) is 5.76 Å². The molecular formula is C15H19NO4. The number of carbonyl (C=O) groups excluding carboxylic acids is 2. The molecule has 0 radical (unpaired) electrons. The lowest BCUT2D eigenvalue weighted by molar-refractivity contribution is -0.150. The van der Waals surface area contributed by atoms with Crippen molar-refractivity contribution in [2.75, 3.05) is 19.7 Å². The normalized spacial score (nSPS) is 19.2. The Labute approximate surface area is 118 Å². The summed E-state index contributed by atoms with van der Waals surface area (Å²) in [6, 6.07) is 3.54. The SMILES string of the molecule is CCOC(=O)[C@@H]1CCCN(C(=O)/C=C\c2ccco2)C1. The first-order valence-electron chi connectivity index (χ1n) is 6.88. The van der Waals surface area contributed by atoms with E-state index in [1.54, 1.807) is 36.3 Å². The van der Waals surface area contributed by atoms with Crippen molar-refractivity contribution in [3.63, 3.8) is 0 Å². The molecule has 0 unspecified atom stereocenters. The molecule has 0 aromatic carbocycles. The molecule has 2 rings (SSSR count). The molecule has 2 heterocycles. The number of furan rings is 1. The van der Waals surface area contributed by atoms with Crippen LogP contribution in [0.1, 0.15) is 25.5 Å². The van der Waals surface area contributed by atoms with Crippen molar-refractivity contribution < 1.29 is 18.7 Å². The van der Waals surface area contributed by atoms with Gasteiger partial charge in [0.2, 0.25) is 5.91 Å². The fraction of sp³-hybridized carbons (Fsp3) is 0.467. The molecular weight excluding hydrogens is 258 g/mol. The highest BCUT2D eigenvalue weighted by molar-refractivity contribution is 5.91. The minimum atomic E-state index is -0.208. The van der Waals surface area contributed by atoms with Gasteiger partial charge in [0.05, 0.1) is 18.8 Å². The van der Waals surface area contributed by atoms with Gasteiger partial charge in [-0.3, -0.25) is 9.59 Å². The van der Waals surface area contributed by atoms with E-state index in [1.165, 1.54) is 6.08 Å². The monoisotopic (exact) mass is 277 g/mol. The zero-order valence-corrected chi connectivity index (χ0v) is 11.6. The van der Waals surface area contributed by atoms with E-state index in [0.717, 1.165) is 12.8 Å². The molecule has 1 fully saturated rings. The molecule has 20 heavy (non-hydrogen) atoms. The molecule has 0 aliphatic carbocycles. The third-order valence-corrected chi connectivity index (χ3v) is 3.29. The van der Waals surface area contributed by atoms with E-state index in [2.05, 4.69) is 0 Å². The maximum Gasteiger partial charge on any atom is 0.310 e. The smallest absolute Gasteiger partial charge is 0.310 e. The fourth-order valence-electron chi connectivity index (χ4n) is 2.27. The van der Waals surface area contributed by atoms with Crippen LogP contribution in [0.15, 0.2) is 28.9 Å². The summed E-state index contributed by atoms with van der Waals surface area (Å²) < 4.78 is 10.1. The van der Waals surface area contributed by atoms with Crippen LogP contribution in [-0.2, 0) is 14.3 Å². The number of esters is 1. The van der Waals surface area contributed by atoms with Crippen LogP contribution in [0.5, 0.6) is 0 Å². The van der Waals surface area contributed by atoms with E-state index in [1.807, 2.05) is 0 Å². The van der Waals surface area contributed by atoms with E-state index in [0.29, 0.717) is 25.5 Å². The Morgan fingerprint density at radius 2 is 2.40 bits per heavy atom. The predicted molar refractivity (Wildman–Crippen MR) is 73.7 cm³/mol. The highest BCUT2D eigenvalue weighted by atomic mass is 16.5. The molecule has 1 aliphatic heterocycles. The first-order valence-corrected chi connectivity index (χ1v) is 6.88. The van der Waals surface area contributed by atoms with Gasteiger partial charge in [-0.15, -0.1) is 0 Å². The third kappa shape index (κ3) is 3.73. The summed E-state index contributed by atoms with van der Waals surface area (Å²) in [5.74, 6) is 0.123. The van der Waals surface area contributed by atoms with Gasteiger partial charge in [0.25, 0.3) is 0 Å². The Morgan fingerprint density at radius 3 is 3.10 bits per heavy atom. The molecule has 5 heteroatoms. The van der Waals surface area contributed by atoms with Crippen LogP contribution in [0.3, 0.4) is 0 Å². The summed E-state index contributed by atoms with van der Waals surface area (Å²) in [7, 11) is 0. The van der Waals surface area contributed by atoms with E-state index < -0.39 is 0 Å². The van der Waals surface area contributed by atoms with Crippen molar-refractivity contribution in [2.45, 2.75) is 19.8 Å². The average Bonchev–Trinajstić information content (AvgIpc) is 2.98. The molecule has 1 aromatic rings. The second kappa shape index (κ2) is 6.93. The summed E-state index contributed by atoms with van der Waals surface area (Å²) in [4.78, 5) is 25.5. The van der Waals surface area contributed by atoms with Crippen molar-refractivity contribution in [1.82, 2.24) is 4.90 Å². The molecule has 1 amide bonds. The predicted octanol–water partition coefficient (Wildman–Crippen LogP) is 2.09. The Bertz CT molecular complexity index is 478. The van der Waals surface area contributed by atoms with Crippen molar-refractivity contribution in [3.05, 3.63) is 30.2 Å². The average molecular weight is 277 g/mol. The topological polar surface area (TPSA) is 59.8 Å². The van der Waals surface area contributed by atoms with Gasteiger partial charge in [-0.05, 0) is 38.0 Å². The van der Waals surface area contributed by atoms with Crippen LogP contribution < -0.4 is 0 Å².